The Morgan fingerprint density at radius 2 is 1.71 bits per heavy atom. The third-order valence-electron chi connectivity index (χ3n) is 4.00. The van der Waals surface area contributed by atoms with Gasteiger partial charge >= 0.3 is 6.18 Å². The minimum absolute atomic E-state index is 0.0839. The van der Waals surface area contributed by atoms with Gasteiger partial charge in [0.25, 0.3) is 0 Å². The van der Waals surface area contributed by atoms with Crippen molar-refractivity contribution >= 4 is 17.2 Å². The number of benzene rings is 2. The Kier molecular flexibility index (Phi) is 6.08. The molecule has 0 atom stereocenters. The fourth-order valence-electron chi connectivity index (χ4n) is 2.55. The molecule has 1 aromatic heterocycles. The van der Waals surface area contributed by atoms with E-state index in [9.17, 15) is 22.4 Å². The summed E-state index contributed by atoms with van der Waals surface area (Å²) < 4.78 is 50.7. The number of carbonyl (C=O) groups excluding carboxylic acids is 1. The molecule has 3 aromatic rings. The second-order valence-corrected chi connectivity index (χ2v) is 6.98. The Bertz CT molecular complexity index is 934. The highest BCUT2D eigenvalue weighted by molar-refractivity contribution is 7.13. The minimum atomic E-state index is -4.38. The molecule has 8 heteroatoms. The van der Waals surface area contributed by atoms with Gasteiger partial charge in [-0.05, 0) is 36.2 Å². The predicted octanol–water partition coefficient (Wildman–Crippen LogP) is 4.87. The van der Waals surface area contributed by atoms with E-state index in [0.717, 1.165) is 17.7 Å². The topological polar surface area (TPSA) is 42.0 Å². The van der Waals surface area contributed by atoms with Gasteiger partial charge in [0.15, 0.2) is 0 Å². The molecule has 1 N–H and O–H groups in total. The number of amides is 1. The van der Waals surface area contributed by atoms with Crippen LogP contribution in [-0.2, 0) is 23.8 Å². The smallest absolute Gasteiger partial charge is 0.355 e. The zero-order chi connectivity index (χ0) is 20.1. The molecule has 3 nitrogen and oxygen atoms in total. The van der Waals surface area contributed by atoms with Crippen molar-refractivity contribution in [1.82, 2.24) is 10.3 Å². The van der Waals surface area contributed by atoms with Crippen molar-refractivity contribution in [3.63, 3.8) is 0 Å². The van der Waals surface area contributed by atoms with Crippen LogP contribution in [0.25, 0.3) is 10.6 Å². The Labute approximate surface area is 163 Å². The van der Waals surface area contributed by atoms with Crippen LogP contribution in [0, 0.1) is 5.82 Å². The first-order chi connectivity index (χ1) is 13.3. The second-order valence-electron chi connectivity index (χ2n) is 6.12. The van der Waals surface area contributed by atoms with Crippen molar-refractivity contribution in [3.8, 4) is 10.6 Å². The van der Waals surface area contributed by atoms with Gasteiger partial charge in [0.1, 0.15) is 10.8 Å². The molecular formula is C20H16F4N2OS. The Balaban J connectivity index is 1.52. The molecule has 3 rings (SSSR count). The molecule has 1 amide bonds. The van der Waals surface area contributed by atoms with Crippen LogP contribution in [-0.4, -0.2) is 17.4 Å². The van der Waals surface area contributed by atoms with Gasteiger partial charge < -0.3 is 5.32 Å². The quantitative estimate of drug-likeness (QED) is 0.592. The fourth-order valence-corrected chi connectivity index (χ4v) is 3.37. The third-order valence-corrected chi connectivity index (χ3v) is 4.94. The van der Waals surface area contributed by atoms with Gasteiger partial charge in [-0.15, -0.1) is 11.3 Å². The number of aromatic nitrogens is 1. The lowest BCUT2D eigenvalue weighted by atomic mass is 10.1. The molecule has 2 aromatic carbocycles. The maximum Gasteiger partial charge on any atom is 0.416 e. The molecule has 0 bridgehead atoms. The molecular weight excluding hydrogens is 392 g/mol. The highest BCUT2D eigenvalue weighted by Crippen LogP contribution is 2.31. The van der Waals surface area contributed by atoms with E-state index in [1.54, 1.807) is 17.5 Å². The molecule has 0 saturated carbocycles. The molecule has 28 heavy (non-hydrogen) atoms. The summed E-state index contributed by atoms with van der Waals surface area (Å²) >= 11 is 1.27. The molecule has 0 aliphatic heterocycles. The largest absolute Gasteiger partial charge is 0.416 e. The average Bonchev–Trinajstić information content (AvgIpc) is 3.11. The Morgan fingerprint density at radius 1 is 1.04 bits per heavy atom. The van der Waals surface area contributed by atoms with Gasteiger partial charge in [-0.25, -0.2) is 9.37 Å². The monoisotopic (exact) mass is 408 g/mol. The van der Waals surface area contributed by atoms with Gasteiger partial charge in [0, 0.05) is 17.5 Å². The van der Waals surface area contributed by atoms with Crippen molar-refractivity contribution in [1.29, 1.82) is 0 Å². The van der Waals surface area contributed by atoms with Gasteiger partial charge in [-0.2, -0.15) is 13.2 Å². The molecule has 0 saturated heterocycles. The number of hydrogen-bond donors (Lipinski definition) is 1. The van der Waals surface area contributed by atoms with Gasteiger partial charge in [-0.3, -0.25) is 4.79 Å². The summed E-state index contributed by atoms with van der Waals surface area (Å²) in [6.07, 6.45) is -3.71. The van der Waals surface area contributed by atoms with Crippen LogP contribution >= 0.6 is 11.3 Å². The first-order valence-electron chi connectivity index (χ1n) is 8.44. The van der Waals surface area contributed by atoms with Crippen molar-refractivity contribution in [2.75, 3.05) is 6.54 Å². The van der Waals surface area contributed by atoms with E-state index < -0.39 is 11.7 Å². The molecule has 1 heterocycles. The number of nitrogens with one attached hydrogen (secondary N) is 1. The van der Waals surface area contributed by atoms with Crippen LogP contribution in [0.1, 0.15) is 16.8 Å². The summed E-state index contributed by atoms with van der Waals surface area (Å²) in [5.74, 6) is -0.508. The van der Waals surface area contributed by atoms with Gasteiger partial charge in [0.2, 0.25) is 5.91 Å². The third kappa shape index (κ3) is 5.39. The Morgan fingerprint density at radius 3 is 2.36 bits per heavy atom. The number of halogens is 4. The number of rotatable bonds is 6. The van der Waals surface area contributed by atoms with E-state index in [0.29, 0.717) is 29.2 Å². The number of thiazole rings is 1. The van der Waals surface area contributed by atoms with E-state index in [4.69, 9.17) is 0 Å². The summed E-state index contributed by atoms with van der Waals surface area (Å²) in [7, 11) is 0. The van der Waals surface area contributed by atoms with Crippen LogP contribution in [0.5, 0.6) is 0 Å². The van der Waals surface area contributed by atoms with Gasteiger partial charge in [-0.1, -0.05) is 24.3 Å². The van der Waals surface area contributed by atoms with E-state index in [1.807, 2.05) is 0 Å². The van der Waals surface area contributed by atoms with Crippen LogP contribution in [0.15, 0.2) is 53.9 Å². The van der Waals surface area contributed by atoms with Crippen molar-refractivity contribution in [3.05, 3.63) is 76.5 Å². The molecule has 0 aliphatic carbocycles. The highest BCUT2D eigenvalue weighted by Gasteiger charge is 2.30. The maximum absolute atomic E-state index is 12.9. The van der Waals surface area contributed by atoms with Crippen molar-refractivity contribution < 1.29 is 22.4 Å². The molecule has 0 aliphatic rings. The zero-order valence-electron chi connectivity index (χ0n) is 14.6. The lowest BCUT2D eigenvalue weighted by Gasteiger charge is -2.06. The van der Waals surface area contributed by atoms with Crippen LogP contribution in [0.3, 0.4) is 0 Å². The molecule has 0 unspecified atom stereocenters. The summed E-state index contributed by atoms with van der Waals surface area (Å²) in [5.41, 5.74) is 1.33. The van der Waals surface area contributed by atoms with E-state index in [1.165, 1.54) is 35.6 Å². The van der Waals surface area contributed by atoms with Crippen molar-refractivity contribution in [2.24, 2.45) is 0 Å². The van der Waals surface area contributed by atoms with Crippen LogP contribution in [0.4, 0.5) is 17.6 Å². The van der Waals surface area contributed by atoms with E-state index in [2.05, 4.69) is 10.3 Å². The number of nitrogens with zero attached hydrogens (tertiary/aromatic N) is 1. The summed E-state index contributed by atoms with van der Waals surface area (Å²) in [6, 6.07) is 10.8. The summed E-state index contributed by atoms with van der Waals surface area (Å²) in [4.78, 5) is 16.3. The molecule has 0 radical (unpaired) electrons. The van der Waals surface area contributed by atoms with E-state index >= 15 is 0 Å². The normalized spacial score (nSPS) is 11.4. The minimum Gasteiger partial charge on any atom is -0.355 e. The summed E-state index contributed by atoms with van der Waals surface area (Å²) in [5, 5.41) is 5.05. The van der Waals surface area contributed by atoms with Crippen LogP contribution < -0.4 is 5.32 Å². The van der Waals surface area contributed by atoms with E-state index in [-0.39, 0.29) is 18.1 Å². The first-order valence-corrected chi connectivity index (χ1v) is 9.32. The average molecular weight is 408 g/mol. The van der Waals surface area contributed by atoms with Gasteiger partial charge in [0.05, 0.1) is 17.7 Å². The fraction of sp³-hybridized carbons (Fsp3) is 0.200. The van der Waals surface area contributed by atoms with Crippen LogP contribution in [0.2, 0.25) is 0 Å². The number of hydrogen-bond acceptors (Lipinski definition) is 3. The Hall–Kier alpha value is -2.74. The zero-order valence-corrected chi connectivity index (χ0v) is 15.4. The SMILES string of the molecule is O=C(Cc1csc(-c2ccc(C(F)(F)F)cc2)n1)NCCc1ccc(F)cc1. The number of alkyl halides is 3. The standard InChI is InChI=1S/C20H16F4N2OS/c21-16-7-1-13(2-8-16)9-10-25-18(27)11-17-12-28-19(26-17)14-3-5-15(6-4-14)20(22,23)24/h1-8,12H,9-11H2,(H,25,27). The highest BCUT2D eigenvalue weighted by atomic mass is 32.1. The first kappa shape index (κ1) is 20.0. The number of carbonyl (C=O) groups is 1. The maximum atomic E-state index is 12.9. The molecule has 146 valence electrons. The molecule has 0 spiro atoms. The van der Waals surface area contributed by atoms with Crippen molar-refractivity contribution in [2.45, 2.75) is 19.0 Å². The predicted molar refractivity (Wildman–Crippen MR) is 99.4 cm³/mol. The lowest BCUT2D eigenvalue weighted by Crippen LogP contribution is -2.27. The summed E-state index contributed by atoms with van der Waals surface area (Å²) in [6.45, 7) is 0.417. The second kappa shape index (κ2) is 8.52. The molecule has 0 fully saturated rings. The lowest BCUT2D eigenvalue weighted by molar-refractivity contribution is -0.137.